The van der Waals surface area contributed by atoms with E-state index in [0.717, 1.165) is 30.8 Å². The van der Waals surface area contributed by atoms with Crippen molar-refractivity contribution in [3.63, 3.8) is 0 Å². The van der Waals surface area contributed by atoms with E-state index in [0.29, 0.717) is 31.0 Å². The topological polar surface area (TPSA) is 84.3 Å². The Morgan fingerprint density at radius 3 is 2.49 bits per heavy atom. The van der Waals surface area contributed by atoms with Gasteiger partial charge >= 0.3 is 5.97 Å². The molecule has 0 aliphatic carbocycles. The number of carboxylic acids is 1. The minimum atomic E-state index is -0.954. The fourth-order valence-electron chi connectivity index (χ4n) is 5.55. The van der Waals surface area contributed by atoms with E-state index in [1.54, 1.807) is 18.2 Å². The van der Waals surface area contributed by atoms with Gasteiger partial charge in [0.2, 0.25) is 0 Å². The molecule has 7 nitrogen and oxygen atoms in total. The number of nitrogens with zero attached hydrogens (tertiary/aromatic N) is 3. The maximum atomic E-state index is 13.3. The normalized spacial score (nSPS) is 24.3. The van der Waals surface area contributed by atoms with Gasteiger partial charge in [-0.2, -0.15) is 0 Å². The molecule has 35 heavy (non-hydrogen) atoms. The van der Waals surface area contributed by atoms with Crippen LogP contribution in [0.4, 0.5) is 0 Å². The molecule has 0 bridgehead atoms. The number of hydrogen-bond donors (Lipinski definition) is 2. The van der Waals surface area contributed by atoms with Crippen LogP contribution in [-0.4, -0.2) is 81.1 Å². The van der Waals surface area contributed by atoms with Gasteiger partial charge in [-0.15, -0.1) is 6.58 Å². The summed E-state index contributed by atoms with van der Waals surface area (Å²) >= 11 is 0. The molecule has 0 radical (unpaired) electrons. The summed E-state index contributed by atoms with van der Waals surface area (Å²) in [6, 6.07) is 14.4. The third kappa shape index (κ3) is 5.26. The Balaban J connectivity index is 1.70. The zero-order chi connectivity index (χ0) is 25.1. The van der Waals surface area contributed by atoms with Gasteiger partial charge in [0, 0.05) is 43.8 Å². The van der Waals surface area contributed by atoms with Gasteiger partial charge in [-0.05, 0) is 62.1 Å². The molecule has 2 heterocycles. The summed E-state index contributed by atoms with van der Waals surface area (Å²) in [7, 11) is 0. The summed E-state index contributed by atoms with van der Waals surface area (Å²) in [6.45, 7) is 11.3. The summed E-state index contributed by atoms with van der Waals surface area (Å²) in [4.78, 5) is 31.3. The predicted octanol–water partition coefficient (Wildman–Crippen LogP) is 3.75. The Hall–Kier alpha value is -3.16. The SMILES string of the molecule is C=CCN1C[C@@H](C)N(C(c2cccc(O)c2)c2cccc(C(=O)N3CCCC3C(=O)O)c2)C[C@H]1C. The maximum Gasteiger partial charge on any atom is 0.326 e. The highest BCUT2D eigenvalue weighted by molar-refractivity contribution is 5.97. The first kappa shape index (κ1) is 24.9. The van der Waals surface area contributed by atoms with Crippen LogP contribution in [0, 0.1) is 0 Å². The minimum Gasteiger partial charge on any atom is -0.508 e. The second kappa shape index (κ2) is 10.6. The maximum absolute atomic E-state index is 13.3. The standard InChI is InChI=1S/C28H35N3O4/c1-4-13-29-17-20(3)31(18-19(29)2)26(22-9-6-11-24(32)16-22)21-8-5-10-23(15-21)27(33)30-14-7-12-25(30)28(34)35/h4-6,8-11,15-16,19-20,25-26,32H,1,7,12-14,17-18H2,2-3H3,(H,34,35)/t19-,20-,25?,26?/m1/s1. The van der Waals surface area contributed by atoms with E-state index in [2.05, 4.69) is 30.2 Å². The molecule has 0 aromatic heterocycles. The van der Waals surface area contributed by atoms with Crippen LogP contribution in [0.1, 0.15) is 54.2 Å². The van der Waals surface area contributed by atoms with Gasteiger partial charge in [0.1, 0.15) is 11.8 Å². The Kier molecular flexibility index (Phi) is 7.57. The van der Waals surface area contributed by atoms with Crippen molar-refractivity contribution < 1.29 is 19.8 Å². The second-order valence-corrected chi connectivity index (χ2v) is 9.76. The first-order valence-corrected chi connectivity index (χ1v) is 12.3. The molecular weight excluding hydrogens is 442 g/mol. The van der Waals surface area contributed by atoms with Gasteiger partial charge in [-0.1, -0.05) is 30.3 Å². The fraction of sp³-hybridized carbons (Fsp3) is 0.429. The monoisotopic (exact) mass is 477 g/mol. The van der Waals surface area contributed by atoms with Crippen molar-refractivity contribution in [1.29, 1.82) is 0 Å². The van der Waals surface area contributed by atoms with Crippen molar-refractivity contribution in [2.75, 3.05) is 26.2 Å². The lowest BCUT2D eigenvalue weighted by Gasteiger charge is -2.47. The smallest absolute Gasteiger partial charge is 0.326 e. The highest BCUT2D eigenvalue weighted by Crippen LogP contribution is 2.35. The molecule has 2 aromatic rings. The number of aliphatic carboxylic acids is 1. The van der Waals surface area contributed by atoms with Crippen LogP contribution < -0.4 is 0 Å². The number of likely N-dealkylation sites (tertiary alicyclic amines) is 1. The number of phenolic OH excluding ortho intramolecular Hbond substituents is 1. The summed E-state index contributed by atoms with van der Waals surface area (Å²) in [5.74, 6) is -0.999. The highest BCUT2D eigenvalue weighted by atomic mass is 16.4. The first-order chi connectivity index (χ1) is 16.8. The third-order valence-electron chi connectivity index (χ3n) is 7.29. The molecule has 2 N–H and O–H groups in total. The molecule has 7 heteroatoms. The number of benzene rings is 2. The molecule has 2 saturated heterocycles. The van der Waals surface area contributed by atoms with Gasteiger partial charge in [-0.25, -0.2) is 4.79 Å². The molecule has 2 aliphatic heterocycles. The predicted molar refractivity (Wildman–Crippen MR) is 135 cm³/mol. The van der Waals surface area contributed by atoms with Gasteiger partial charge < -0.3 is 15.1 Å². The van der Waals surface area contributed by atoms with Crippen LogP contribution >= 0.6 is 0 Å². The lowest BCUT2D eigenvalue weighted by atomic mass is 9.92. The Morgan fingerprint density at radius 1 is 1.09 bits per heavy atom. The minimum absolute atomic E-state index is 0.160. The van der Waals surface area contributed by atoms with Crippen LogP contribution in [0.15, 0.2) is 61.2 Å². The molecule has 0 spiro atoms. The molecule has 4 rings (SSSR count). The van der Waals surface area contributed by atoms with Gasteiger partial charge in [0.25, 0.3) is 5.91 Å². The van der Waals surface area contributed by atoms with Crippen molar-refractivity contribution in [3.05, 3.63) is 77.9 Å². The zero-order valence-electron chi connectivity index (χ0n) is 20.5. The average Bonchev–Trinajstić information content (AvgIpc) is 3.33. The van der Waals surface area contributed by atoms with Gasteiger partial charge in [0.15, 0.2) is 0 Å². The van der Waals surface area contributed by atoms with Crippen molar-refractivity contribution in [2.24, 2.45) is 0 Å². The molecule has 4 atom stereocenters. The second-order valence-electron chi connectivity index (χ2n) is 9.76. The van der Waals surface area contributed by atoms with Crippen LogP contribution in [0.25, 0.3) is 0 Å². The highest BCUT2D eigenvalue weighted by Gasteiger charge is 2.36. The van der Waals surface area contributed by atoms with Crippen LogP contribution in [0.3, 0.4) is 0 Å². The quantitative estimate of drug-likeness (QED) is 0.591. The Bertz CT molecular complexity index is 1090. The molecule has 2 unspecified atom stereocenters. The average molecular weight is 478 g/mol. The van der Waals surface area contributed by atoms with Crippen LogP contribution in [0.2, 0.25) is 0 Å². The molecule has 2 aliphatic rings. The lowest BCUT2D eigenvalue weighted by Crippen LogP contribution is -2.57. The van der Waals surface area contributed by atoms with E-state index in [1.165, 1.54) is 4.90 Å². The Labute approximate surface area is 207 Å². The number of piperazine rings is 1. The summed E-state index contributed by atoms with van der Waals surface area (Å²) in [6.07, 6.45) is 3.11. The van der Waals surface area contributed by atoms with Crippen LogP contribution in [0.5, 0.6) is 5.75 Å². The largest absolute Gasteiger partial charge is 0.508 e. The number of aromatic hydroxyl groups is 1. The van der Waals surface area contributed by atoms with E-state index in [4.69, 9.17) is 0 Å². The van der Waals surface area contributed by atoms with Gasteiger partial charge in [0.05, 0.1) is 6.04 Å². The van der Waals surface area contributed by atoms with E-state index in [9.17, 15) is 19.8 Å². The number of carbonyl (C=O) groups is 2. The lowest BCUT2D eigenvalue weighted by molar-refractivity contribution is -0.141. The summed E-state index contributed by atoms with van der Waals surface area (Å²) in [5.41, 5.74) is 2.39. The van der Waals surface area contributed by atoms with Crippen molar-refractivity contribution in [2.45, 2.75) is 50.9 Å². The molecule has 186 valence electrons. The number of hydrogen-bond acceptors (Lipinski definition) is 5. The van der Waals surface area contributed by atoms with Gasteiger partial charge in [-0.3, -0.25) is 14.6 Å². The number of amides is 1. The number of rotatable bonds is 7. The summed E-state index contributed by atoms with van der Waals surface area (Å²) in [5, 5.41) is 19.8. The molecular formula is C28H35N3O4. The zero-order valence-corrected chi connectivity index (χ0v) is 20.5. The van der Waals surface area contributed by atoms with E-state index in [1.807, 2.05) is 36.4 Å². The number of carboxylic acid groups (broad SMARTS) is 1. The van der Waals surface area contributed by atoms with Crippen LogP contribution in [-0.2, 0) is 4.79 Å². The number of phenols is 1. The molecule has 1 amide bonds. The fourth-order valence-corrected chi connectivity index (χ4v) is 5.55. The van der Waals surface area contributed by atoms with E-state index in [-0.39, 0.29) is 23.7 Å². The van der Waals surface area contributed by atoms with Crippen molar-refractivity contribution >= 4 is 11.9 Å². The summed E-state index contributed by atoms with van der Waals surface area (Å²) < 4.78 is 0. The van der Waals surface area contributed by atoms with E-state index < -0.39 is 12.0 Å². The number of carbonyl (C=O) groups excluding carboxylic acids is 1. The molecule has 0 saturated carbocycles. The molecule has 2 aromatic carbocycles. The van der Waals surface area contributed by atoms with Crippen molar-refractivity contribution in [1.82, 2.24) is 14.7 Å². The van der Waals surface area contributed by atoms with E-state index >= 15 is 0 Å². The third-order valence-corrected chi connectivity index (χ3v) is 7.29. The Morgan fingerprint density at radius 2 is 1.80 bits per heavy atom. The molecule has 2 fully saturated rings. The van der Waals surface area contributed by atoms with Crippen molar-refractivity contribution in [3.8, 4) is 5.75 Å². The first-order valence-electron chi connectivity index (χ1n) is 12.3.